The van der Waals surface area contributed by atoms with Crippen molar-refractivity contribution in [3.63, 3.8) is 0 Å². The van der Waals surface area contributed by atoms with Crippen molar-refractivity contribution >= 4 is 23.5 Å². The minimum absolute atomic E-state index is 0.117. The summed E-state index contributed by atoms with van der Waals surface area (Å²) >= 11 is 6.00. The van der Waals surface area contributed by atoms with E-state index >= 15 is 0 Å². The molecule has 0 N–H and O–H groups in total. The molecule has 0 bridgehead atoms. The van der Waals surface area contributed by atoms with Crippen LogP contribution in [0.1, 0.15) is 38.7 Å². The molecule has 136 valence electrons. The van der Waals surface area contributed by atoms with Gasteiger partial charge in [-0.1, -0.05) is 11.6 Å². The second-order valence-electron chi connectivity index (χ2n) is 7.00. The number of carbonyl (C=O) groups is 2. The zero-order valence-electron chi connectivity index (χ0n) is 14.7. The number of hydrogen-bond acceptors (Lipinski definition) is 4. The van der Waals surface area contributed by atoms with E-state index < -0.39 is 11.9 Å². The average molecular weight is 366 g/mol. The standard InChI is InChI=1S/C19H24ClNO4/c1-12-4-3-5-13(2)21(12)18(22)11-25-19(23)15-8-14-9-16(20)6-7-17(14)24-10-15/h6-7,9,12-13,15H,3-5,8,10-11H2,1-2H3. The zero-order valence-corrected chi connectivity index (χ0v) is 15.4. The van der Waals surface area contributed by atoms with Crippen molar-refractivity contribution in [2.45, 2.75) is 51.6 Å². The molecule has 0 aromatic heterocycles. The van der Waals surface area contributed by atoms with E-state index in [-0.39, 0.29) is 31.2 Å². The predicted octanol–water partition coefficient (Wildman–Crippen LogP) is 3.22. The van der Waals surface area contributed by atoms with E-state index in [2.05, 4.69) is 0 Å². The lowest BCUT2D eigenvalue weighted by molar-refractivity contribution is -0.158. The van der Waals surface area contributed by atoms with Gasteiger partial charge in [0.25, 0.3) is 5.91 Å². The van der Waals surface area contributed by atoms with E-state index in [0.29, 0.717) is 11.4 Å². The monoisotopic (exact) mass is 365 g/mol. The third kappa shape index (κ3) is 4.09. The van der Waals surface area contributed by atoms with Crippen molar-refractivity contribution in [2.75, 3.05) is 13.2 Å². The van der Waals surface area contributed by atoms with Crippen molar-refractivity contribution < 1.29 is 19.1 Å². The molecule has 1 amide bonds. The van der Waals surface area contributed by atoms with E-state index in [9.17, 15) is 9.59 Å². The van der Waals surface area contributed by atoms with Crippen LogP contribution < -0.4 is 4.74 Å². The van der Waals surface area contributed by atoms with Gasteiger partial charge < -0.3 is 14.4 Å². The summed E-state index contributed by atoms with van der Waals surface area (Å²) in [6.07, 6.45) is 3.64. The Morgan fingerprint density at radius 2 is 2.00 bits per heavy atom. The van der Waals surface area contributed by atoms with Crippen molar-refractivity contribution in [3.05, 3.63) is 28.8 Å². The number of amides is 1. The molecular weight excluding hydrogens is 342 g/mol. The summed E-state index contributed by atoms with van der Waals surface area (Å²) in [6.45, 7) is 4.15. The lowest BCUT2D eigenvalue weighted by Crippen LogP contribution is -2.49. The number of nitrogens with zero attached hydrogens (tertiary/aromatic N) is 1. The molecule has 2 heterocycles. The maximum atomic E-state index is 12.4. The average Bonchev–Trinajstić information content (AvgIpc) is 2.58. The van der Waals surface area contributed by atoms with Crippen LogP contribution >= 0.6 is 11.6 Å². The Morgan fingerprint density at radius 1 is 1.28 bits per heavy atom. The number of carbonyl (C=O) groups excluding carboxylic acids is 2. The molecule has 1 aromatic rings. The van der Waals surface area contributed by atoms with Crippen LogP contribution in [0.2, 0.25) is 5.02 Å². The molecular formula is C19H24ClNO4. The Kier molecular flexibility index (Phi) is 5.52. The first-order chi connectivity index (χ1) is 12.0. The van der Waals surface area contributed by atoms with Crippen molar-refractivity contribution in [1.82, 2.24) is 4.90 Å². The largest absolute Gasteiger partial charge is 0.492 e. The maximum Gasteiger partial charge on any atom is 0.313 e. The van der Waals surface area contributed by atoms with Gasteiger partial charge in [0, 0.05) is 17.1 Å². The topological polar surface area (TPSA) is 55.8 Å². The number of ether oxygens (including phenoxy) is 2. The van der Waals surface area contributed by atoms with Crippen LogP contribution in [0.15, 0.2) is 18.2 Å². The van der Waals surface area contributed by atoms with Gasteiger partial charge in [-0.25, -0.2) is 0 Å². The van der Waals surface area contributed by atoms with Gasteiger partial charge in [-0.05, 0) is 63.3 Å². The number of esters is 1. The molecule has 3 rings (SSSR count). The van der Waals surface area contributed by atoms with Gasteiger partial charge in [0.1, 0.15) is 12.4 Å². The van der Waals surface area contributed by atoms with E-state index in [1.807, 2.05) is 24.8 Å². The van der Waals surface area contributed by atoms with Crippen LogP contribution in [0.4, 0.5) is 0 Å². The Hall–Kier alpha value is -1.75. The first-order valence-corrected chi connectivity index (χ1v) is 9.22. The molecule has 6 heteroatoms. The molecule has 0 saturated carbocycles. The van der Waals surface area contributed by atoms with Gasteiger partial charge in [0.15, 0.2) is 6.61 Å². The van der Waals surface area contributed by atoms with Crippen LogP contribution in [0.25, 0.3) is 0 Å². The molecule has 0 aliphatic carbocycles. The summed E-state index contributed by atoms with van der Waals surface area (Å²) in [5.74, 6) is -0.167. The third-order valence-electron chi connectivity index (χ3n) is 5.08. The first-order valence-electron chi connectivity index (χ1n) is 8.84. The van der Waals surface area contributed by atoms with Gasteiger partial charge in [0.05, 0.1) is 5.92 Å². The lowest BCUT2D eigenvalue weighted by Gasteiger charge is -2.39. The Labute approximate surface area is 153 Å². The number of piperidine rings is 1. The maximum absolute atomic E-state index is 12.4. The Balaban J connectivity index is 1.55. The molecule has 25 heavy (non-hydrogen) atoms. The third-order valence-corrected chi connectivity index (χ3v) is 5.32. The summed E-state index contributed by atoms with van der Waals surface area (Å²) < 4.78 is 10.9. The van der Waals surface area contributed by atoms with E-state index in [0.717, 1.165) is 30.6 Å². The van der Waals surface area contributed by atoms with Gasteiger partial charge >= 0.3 is 5.97 Å². The van der Waals surface area contributed by atoms with Gasteiger partial charge in [-0.2, -0.15) is 0 Å². The minimum Gasteiger partial charge on any atom is -0.492 e. The summed E-state index contributed by atoms with van der Waals surface area (Å²) in [7, 11) is 0. The fourth-order valence-electron chi connectivity index (χ4n) is 3.75. The highest BCUT2D eigenvalue weighted by atomic mass is 35.5. The number of likely N-dealkylation sites (tertiary alicyclic amines) is 1. The minimum atomic E-state index is -0.407. The van der Waals surface area contributed by atoms with Gasteiger partial charge in [0.2, 0.25) is 0 Å². The molecule has 1 aromatic carbocycles. The van der Waals surface area contributed by atoms with E-state index in [4.69, 9.17) is 21.1 Å². The van der Waals surface area contributed by atoms with Gasteiger partial charge in [-0.15, -0.1) is 0 Å². The Bertz CT molecular complexity index is 653. The SMILES string of the molecule is CC1CCCC(C)N1C(=O)COC(=O)C1COc2ccc(Cl)cc2C1. The van der Waals surface area contributed by atoms with Crippen molar-refractivity contribution in [2.24, 2.45) is 5.92 Å². The van der Waals surface area contributed by atoms with Crippen molar-refractivity contribution in [1.29, 1.82) is 0 Å². The molecule has 1 saturated heterocycles. The van der Waals surface area contributed by atoms with Crippen molar-refractivity contribution in [3.8, 4) is 5.75 Å². The normalized spacial score (nSPS) is 25.7. The van der Waals surface area contributed by atoms with Crippen LogP contribution in [0.5, 0.6) is 5.75 Å². The molecule has 0 radical (unpaired) electrons. The van der Waals surface area contributed by atoms with Gasteiger partial charge in [-0.3, -0.25) is 9.59 Å². The summed E-state index contributed by atoms with van der Waals surface area (Å²) in [5.41, 5.74) is 0.894. The highest BCUT2D eigenvalue weighted by molar-refractivity contribution is 6.30. The molecule has 1 fully saturated rings. The summed E-state index contributed by atoms with van der Waals surface area (Å²) in [6, 6.07) is 5.77. The summed E-state index contributed by atoms with van der Waals surface area (Å²) in [4.78, 5) is 26.6. The molecule has 2 aliphatic heterocycles. The van der Waals surface area contributed by atoms with E-state index in [1.165, 1.54) is 0 Å². The fourth-order valence-corrected chi connectivity index (χ4v) is 3.95. The van der Waals surface area contributed by atoms with Crippen LogP contribution in [-0.2, 0) is 20.7 Å². The quantitative estimate of drug-likeness (QED) is 0.772. The zero-order chi connectivity index (χ0) is 18.0. The van der Waals surface area contributed by atoms with Crippen LogP contribution in [0.3, 0.4) is 0 Å². The molecule has 2 aliphatic rings. The highest BCUT2D eigenvalue weighted by Crippen LogP contribution is 2.30. The molecule has 5 nitrogen and oxygen atoms in total. The number of fused-ring (bicyclic) bond motifs is 1. The molecule has 3 unspecified atom stereocenters. The summed E-state index contributed by atoms with van der Waals surface area (Å²) in [5, 5.41) is 0.611. The number of halogens is 1. The fraction of sp³-hybridized carbons (Fsp3) is 0.579. The molecule has 3 atom stereocenters. The Morgan fingerprint density at radius 3 is 2.72 bits per heavy atom. The molecule has 0 spiro atoms. The first kappa shape index (κ1) is 18.1. The van der Waals surface area contributed by atoms with Crippen LogP contribution in [0, 0.1) is 5.92 Å². The number of rotatable bonds is 3. The van der Waals surface area contributed by atoms with E-state index in [1.54, 1.807) is 12.1 Å². The second kappa shape index (κ2) is 7.65. The smallest absolute Gasteiger partial charge is 0.313 e. The predicted molar refractivity (Wildman–Crippen MR) is 94.7 cm³/mol. The number of hydrogen-bond donors (Lipinski definition) is 0. The lowest BCUT2D eigenvalue weighted by atomic mass is 9.97. The second-order valence-corrected chi connectivity index (χ2v) is 7.44. The van der Waals surface area contributed by atoms with Crippen LogP contribution in [-0.4, -0.2) is 42.1 Å². The number of benzene rings is 1. The highest BCUT2D eigenvalue weighted by Gasteiger charge is 2.31.